The normalized spacial score (nSPS) is 29.4. The predicted octanol–water partition coefficient (Wildman–Crippen LogP) is 3.84. The van der Waals surface area contributed by atoms with Crippen LogP contribution in [0.25, 0.3) is 11.2 Å². The van der Waals surface area contributed by atoms with Gasteiger partial charge in [0.2, 0.25) is 0 Å². The van der Waals surface area contributed by atoms with Gasteiger partial charge in [-0.2, -0.15) is 0 Å². The highest BCUT2D eigenvalue weighted by atomic mass is 32.1. The number of hydrogen-bond donors (Lipinski definition) is 1. The van der Waals surface area contributed by atoms with E-state index in [1.165, 1.54) is 31.2 Å². The van der Waals surface area contributed by atoms with Crippen molar-refractivity contribution in [2.75, 3.05) is 0 Å². The Morgan fingerprint density at radius 3 is 3.05 bits per heavy atom. The van der Waals surface area contributed by atoms with Crippen molar-refractivity contribution in [2.45, 2.75) is 39.2 Å². The topological polar surface area (TPSA) is 33.6 Å². The van der Waals surface area contributed by atoms with Gasteiger partial charge in [-0.3, -0.25) is 0 Å². The van der Waals surface area contributed by atoms with Crippen molar-refractivity contribution in [1.29, 1.82) is 0 Å². The summed E-state index contributed by atoms with van der Waals surface area (Å²) in [5.74, 6) is 2.74. The standard InChI is InChI=1S/C15H19N3S/c1-9-4-13-14(16-7-9)18(15(19)17-13)8-12-6-10-2-3-11(12)5-10/h4,7,10-12H,2-3,5-6,8H2,1H3,(H,17,19). The van der Waals surface area contributed by atoms with E-state index in [0.717, 1.165) is 40.2 Å². The van der Waals surface area contributed by atoms with E-state index in [1.807, 2.05) is 6.20 Å². The predicted molar refractivity (Wildman–Crippen MR) is 78.6 cm³/mol. The summed E-state index contributed by atoms with van der Waals surface area (Å²) in [7, 11) is 0. The summed E-state index contributed by atoms with van der Waals surface area (Å²) in [6.45, 7) is 3.12. The van der Waals surface area contributed by atoms with E-state index in [1.54, 1.807) is 0 Å². The third-order valence-corrected chi connectivity index (χ3v) is 5.37. The Balaban J connectivity index is 1.71. The molecule has 2 aromatic rings. The van der Waals surface area contributed by atoms with Gasteiger partial charge >= 0.3 is 0 Å². The van der Waals surface area contributed by atoms with Crippen LogP contribution in [0, 0.1) is 29.4 Å². The molecule has 2 fully saturated rings. The van der Waals surface area contributed by atoms with Crippen LogP contribution in [0.3, 0.4) is 0 Å². The lowest BCUT2D eigenvalue weighted by molar-refractivity contribution is 0.297. The van der Waals surface area contributed by atoms with Gasteiger partial charge in [-0.05, 0) is 67.8 Å². The summed E-state index contributed by atoms with van der Waals surface area (Å²) in [5, 5.41) is 0. The Kier molecular flexibility index (Phi) is 2.56. The van der Waals surface area contributed by atoms with Gasteiger partial charge in [0.25, 0.3) is 0 Å². The first-order valence-corrected chi connectivity index (χ1v) is 7.66. The monoisotopic (exact) mass is 273 g/mol. The molecule has 1 N–H and O–H groups in total. The number of pyridine rings is 1. The Morgan fingerprint density at radius 1 is 1.42 bits per heavy atom. The highest BCUT2D eigenvalue weighted by Gasteiger charge is 2.39. The van der Waals surface area contributed by atoms with Crippen molar-refractivity contribution >= 4 is 23.4 Å². The Bertz CT molecular complexity index is 684. The maximum atomic E-state index is 5.48. The molecular formula is C15H19N3S. The van der Waals surface area contributed by atoms with Gasteiger partial charge in [0.15, 0.2) is 10.4 Å². The smallest absolute Gasteiger partial charge is 0.179 e. The fraction of sp³-hybridized carbons (Fsp3) is 0.600. The Labute approximate surface area is 118 Å². The van der Waals surface area contributed by atoms with E-state index in [2.05, 4.69) is 27.5 Å². The van der Waals surface area contributed by atoms with Gasteiger partial charge in [-0.1, -0.05) is 6.42 Å². The van der Waals surface area contributed by atoms with E-state index in [-0.39, 0.29) is 0 Å². The van der Waals surface area contributed by atoms with E-state index in [4.69, 9.17) is 12.2 Å². The third-order valence-electron chi connectivity index (χ3n) is 5.05. The lowest BCUT2D eigenvalue weighted by Gasteiger charge is -2.22. The second-order valence-corrected chi connectivity index (χ2v) is 6.75. The molecule has 4 heteroatoms. The number of imidazole rings is 1. The minimum absolute atomic E-state index is 0.813. The molecule has 0 radical (unpaired) electrons. The molecule has 0 saturated heterocycles. The van der Waals surface area contributed by atoms with Crippen molar-refractivity contribution in [2.24, 2.45) is 17.8 Å². The van der Waals surface area contributed by atoms with Gasteiger partial charge in [0, 0.05) is 12.7 Å². The number of aryl methyl sites for hydroxylation is 1. The molecule has 0 amide bonds. The number of hydrogen-bond acceptors (Lipinski definition) is 2. The van der Waals surface area contributed by atoms with Crippen molar-refractivity contribution in [1.82, 2.24) is 14.5 Å². The number of fused-ring (bicyclic) bond motifs is 3. The summed E-state index contributed by atoms with van der Waals surface area (Å²) < 4.78 is 3.05. The zero-order valence-electron chi connectivity index (χ0n) is 11.2. The first-order chi connectivity index (χ1) is 9.20. The molecule has 3 atom stereocenters. The molecule has 100 valence electrons. The SMILES string of the molecule is Cc1cnc2c(c1)[nH]c(=S)n2CC1CC2CCC1C2. The molecule has 2 aromatic heterocycles. The van der Waals surface area contributed by atoms with Crippen LogP contribution in [0.5, 0.6) is 0 Å². The molecular weight excluding hydrogens is 254 g/mol. The molecule has 2 aliphatic rings. The largest absolute Gasteiger partial charge is 0.329 e. The number of rotatable bonds is 2. The third kappa shape index (κ3) is 1.84. The maximum Gasteiger partial charge on any atom is 0.179 e. The number of aromatic nitrogens is 3. The summed E-state index contributed by atoms with van der Waals surface area (Å²) in [5.41, 5.74) is 3.28. The van der Waals surface area contributed by atoms with Crippen LogP contribution >= 0.6 is 12.2 Å². The second kappa shape index (κ2) is 4.17. The molecule has 3 unspecified atom stereocenters. The molecule has 2 bridgehead atoms. The summed E-state index contributed by atoms with van der Waals surface area (Å²) in [4.78, 5) is 7.87. The highest BCUT2D eigenvalue weighted by Crippen LogP contribution is 2.48. The first-order valence-electron chi connectivity index (χ1n) is 7.26. The summed E-state index contributed by atoms with van der Waals surface area (Å²) >= 11 is 5.48. The highest BCUT2D eigenvalue weighted by molar-refractivity contribution is 7.71. The molecule has 19 heavy (non-hydrogen) atoms. The van der Waals surface area contributed by atoms with Crippen molar-refractivity contribution in [3.05, 3.63) is 22.6 Å². The lowest BCUT2D eigenvalue weighted by Crippen LogP contribution is -2.17. The average Bonchev–Trinajstić information content (AvgIpc) is 3.05. The molecule has 0 spiro atoms. The van der Waals surface area contributed by atoms with Crippen LogP contribution in [0.15, 0.2) is 12.3 Å². The number of aromatic amines is 1. The van der Waals surface area contributed by atoms with E-state index in [0.29, 0.717) is 0 Å². The van der Waals surface area contributed by atoms with Gasteiger partial charge in [0.05, 0.1) is 5.52 Å². The molecule has 0 aromatic carbocycles. The van der Waals surface area contributed by atoms with Crippen LogP contribution in [0.4, 0.5) is 0 Å². The van der Waals surface area contributed by atoms with E-state index in [9.17, 15) is 0 Å². The van der Waals surface area contributed by atoms with Crippen LogP contribution in [-0.2, 0) is 6.54 Å². The maximum absolute atomic E-state index is 5.48. The van der Waals surface area contributed by atoms with Gasteiger partial charge in [0.1, 0.15) is 0 Å². The van der Waals surface area contributed by atoms with Crippen LogP contribution in [0.1, 0.15) is 31.2 Å². The van der Waals surface area contributed by atoms with Crippen LogP contribution < -0.4 is 0 Å². The van der Waals surface area contributed by atoms with Gasteiger partial charge in [-0.15, -0.1) is 0 Å². The fourth-order valence-electron chi connectivity index (χ4n) is 4.15. The molecule has 3 nitrogen and oxygen atoms in total. The molecule has 2 aliphatic carbocycles. The Morgan fingerprint density at radius 2 is 2.32 bits per heavy atom. The molecule has 2 saturated carbocycles. The number of H-pyrrole nitrogens is 1. The van der Waals surface area contributed by atoms with Crippen molar-refractivity contribution in [3.63, 3.8) is 0 Å². The van der Waals surface area contributed by atoms with Crippen molar-refractivity contribution < 1.29 is 0 Å². The quantitative estimate of drug-likeness (QED) is 0.843. The molecule has 4 rings (SSSR count). The first kappa shape index (κ1) is 11.6. The zero-order valence-corrected chi connectivity index (χ0v) is 12.0. The van der Waals surface area contributed by atoms with Gasteiger partial charge < -0.3 is 9.55 Å². The number of nitrogens with one attached hydrogen (secondary N) is 1. The summed E-state index contributed by atoms with van der Waals surface area (Å²) in [6.07, 6.45) is 7.66. The second-order valence-electron chi connectivity index (χ2n) is 6.36. The van der Waals surface area contributed by atoms with Crippen molar-refractivity contribution in [3.8, 4) is 0 Å². The zero-order chi connectivity index (χ0) is 13.0. The molecule has 0 aliphatic heterocycles. The fourth-order valence-corrected chi connectivity index (χ4v) is 4.42. The van der Waals surface area contributed by atoms with Crippen LogP contribution in [-0.4, -0.2) is 14.5 Å². The Hall–Kier alpha value is -1.16. The summed E-state index contributed by atoms with van der Waals surface area (Å²) in [6, 6.07) is 2.13. The van der Waals surface area contributed by atoms with Gasteiger partial charge in [-0.25, -0.2) is 4.98 Å². The lowest BCUT2D eigenvalue weighted by atomic mass is 9.89. The minimum atomic E-state index is 0.813. The average molecular weight is 273 g/mol. The van der Waals surface area contributed by atoms with E-state index >= 15 is 0 Å². The van der Waals surface area contributed by atoms with E-state index < -0.39 is 0 Å². The molecule has 2 heterocycles. The minimum Gasteiger partial charge on any atom is -0.329 e. The number of nitrogens with zero attached hydrogens (tertiary/aromatic N) is 2. The van der Waals surface area contributed by atoms with Crippen LogP contribution in [0.2, 0.25) is 0 Å².